The van der Waals surface area contributed by atoms with Crippen LogP contribution in [0.4, 0.5) is 0 Å². The number of fused-ring (bicyclic) bond motifs is 2. The summed E-state index contributed by atoms with van der Waals surface area (Å²) in [6, 6.07) is 20.1. The van der Waals surface area contributed by atoms with Gasteiger partial charge in [0.1, 0.15) is 5.01 Å². The average molecular weight is 454 g/mol. The maximum absolute atomic E-state index is 14.0. The number of aryl methyl sites for hydroxylation is 1. The molecule has 7 heteroatoms. The molecule has 6 rings (SSSR count). The topological polar surface area (TPSA) is 63.9 Å². The number of hydrogen-bond acceptors (Lipinski definition) is 5. The SMILES string of the molecule is CCn1ncc2c(C(=O)N3CCCC3c3nc4ccccc4s3)cc(-c3ccccc3)nc21. The molecule has 5 aromatic rings. The van der Waals surface area contributed by atoms with Crippen LogP contribution in [0.25, 0.3) is 32.5 Å². The van der Waals surface area contributed by atoms with Crippen LogP contribution in [0, 0.1) is 0 Å². The molecular weight excluding hydrogens is 430 g/mol. The van der Waals surface area contributed by atoms with Gasteiger partial charge in [-0.25, -0.2) is 14.6 Å². The lowest BCUT2D eigenvalue weighted by molar-refractivity contribution is 0.0737. The van der Waals surface area contributed by atoms with Gasteiger partial charge in [0.2, 0.25) is 0 Å². The molecule has 1 aliphatic rings. The zero-order valence-corrected chi connectivity index (χ0v) is 19.1. The third-order valence-corrected chi connectivity index (χ3v) is 7.46. The molecule has 1 fully saturated rings. The molecule has 0 spiro atoms. The van der Waals surface area contributed by atoms with Gasteiger partial charge in [-0.1, -0.05) is 42.5 Å². The van der Waals surface area contributed by atoms with Crippen LogP contribution in [0.2, 0.25) is 0 Å². The number of para-hydroxylation sites is 1. The fourth-order valence-corrected chi connectivity index (χ4v) is 5.78. The van der Waals surface area contributed by atoms with Crippen molar-refractivity contribution in [2.45, 2.75) is 32.4 Å². The summed E-state index contributed by atoms with van der Waals surface area (Å²) >= 11 is 1.69. The predicted molar refractivity (Wildman–Crippen MR) is 131 cm³/mol. The number of nitrogens with zero attached hydrogens (tertiary/aromatic N) is 5. The second kappa shape index (κ2) is 8.08. The highest BCUT2D eigenvalue weighted by Crippen LogP contribution is 2.38. The van der Waals surface area contributed by atoms with Crippen LogP contribution in [0.3, 0.4) is 0 Å². The number of amides is 1. The van der Waals surface area contributed by atoms with Gasteiger partial charge < -0.3 is 4.90 Å². The first-order chi connectivity index (χ1) is 16.2. The summed E-state index contributed by atoms with van der Waals surface area (Å²) < 4.78 is 3.02. The quantitative estimate of drug-likeness (QED) is 0.350. The lowest BCUT2D eigenvalue weighted by Crippen LogP contribution is -2.30. The fraction of sp³-hybridized carbons (Fsp3) is 0.231. The van der Waals surface area contributed by atoms with Gasteiger partial charge in [0.05, 0.1) is 39.1 Å². The van der Waals surface area contributed by atoms with E-state index in [1.807, 2.05) is 71.1 Å². The van der Waals surface area contributed by atoms with E-state index in [9.17, 15) is 4.79 Å². The lowest BCUT2D eigenvalue weighted by atomic mass is 10.1. The molecule has 2 aromatic carbocycles. The van der Waals surface area contributed by atoms with Gasteiger partial charge >= 0.3 is 0 Å². The highest BCUT2D eigenvalue weighted by Gasteiger charge is 2.34. The molecule has 1 aliphatic heterocycles. The minimum atomic E-state index is -0.000453. The van der Waals surface area contributed by atoms with E-state index >= 15 is 0 Å². The zero-order valence-electron chi connectivity index (χ0n) is 18.3. The molecule has 0 radical (unpaired) electrons. The smallest absolute Gasteiger partial charge is 0.255 e. The number of rotatable bonds is 4. The first kappa shape index (κ1) is 20.1. The number of thiazole rings is 1. The van der Waals surface area contributed by atoms with Gasteiger partial charge in [0.25, 0.3) is 5.91 Å². The van der Waals surface area contributed by atoms with E-state index in [2.05, 4.69) is 11.2 Å². The highest BCUT2D eigenvalue weighted by atomic mass is 32.1. The van der Waals surface area contributed by atoms with E-state index in [1.165, 1.54) is 0 Å². The summed E-state index contributed by atoms with van der Waals surface area (Å²) in [5.74, 6) is 0.0250. The van der Waals surface area contributed by atoms with Gasteiger partial charge in [-0.15, -0.1) is 11.3 Å². The van der Waals surface area contributed by atoms with Crippen LogP contribution in [0.15, 0.2) is 66.9 Å². The van der Waals surface area contributed by atoms with Gasteiger partial charge in [-0.2, -0.15) is 5.10 Å². The Bertz CT molecular complexity index is 1440. The maximum Gasteiger partial charge on any atom is 0.255 e. The summed E-state index contributed by atoms with van der Waals surface area (Å²) in [5, 5.41) is 6.31. The Balaban J connectivity index is 1.45. The van der Waals surface area contributed by atoms with Crippen molar-refractivity contribution in [3.8, 4) is 11.3 Å². The first-order valence-corrected chi connectivity index (χ1v) is 12.1. The molecule has 0 N–H and O–H groups in total. The fourth-order valence-electron chi connectivity index (χ4n) is 4.67. The van der Waals surface area contributed by atoms with E-state index < -0.39 is 0 Å². The summed E-state index contributed by atoms with van der Waals surface area (Å²) in [6.45, 7) is 3.46. The van der Waals surface area contributed by atoms with Crippen molar-refractivity contribution in [1.29, 1.82) is 0 Å². The van der Waals surface area contributed by atoms with Gasteiger partial charge in [-0.3, -0.25) is 4.79 Å². The molecule has 1 atom stereocenters. The summed E-state index contributed by atoms with van der Waals surface area (Å²) in [6.07, 6.45) is 3.68. The third-order valence-electron chi connectivity index (χ3n) is 6.32. The molecule has 0 aliphatic carbocycles. The van der Waals surface area contributed by atoms with E-state index in [0.29, 0.717) is 12.1 Å². The molecule has 0 bridgehead atoms. The van der Waals surface area contributed by atoms with Crippen LogP contribution in [-0.2, 0) is 6.54 Å². The van der Waals surface area contributed by atoms with Gasteiger partial charge in [0, 0.05) is 18.7 Å². The van der Waals surface area contributed by atoms with Crippen molar-refractivity contribution in [1.82, 2.24) is 24.6 Å². The Hall–Kier alpha value is -3.58. The second-order valence-electron chi connectivity index (χ2n) is 8.30. The van der Waals surface area contributed by atoms with Crippen LogP contribution < -0.4 is 0 Å². The van der Waals surface area contributed by atoms with Crippen LogP contribution in [0.5, 0.6) is 0 Å². The Morgan fingerprint density at radius 2 is 1.91 bits per heavy atom. The minimum absolute atomic E-state index is 0.000453. The molecule has 33 heavy (non-hydrogen) atoms. The Kier molecular flexibility index (Phi) is 4.91. The van der Waals surface area contributed by atoms with Crippen molar-refractivity contribution in [3.05, 3.63) is 77.4 Å². The van der Waals surface area contributed by atoms with Crippen LogP contribution in [0.1, 0.15) is 41.2 Å². The van der Waals surface area contributed by atoms with Crippen molar-refractivity contribution in [3.63, 3.8) is 0 Å². The monoisotopic (exact) mass is 453 g/mol. The van der Waals surface area contributed by atoms with Crippen molar-refractivity contribution >= 4 is 38.5 Å². The number of pyridine rings is 1. The predicted octanol–water partition coefficient (Wildman–Crippen LogP) is 5.71. The number of hydrogen-bond donors (Lipinski definition) is 0. The molecular formula is C26H23N5OS. The zero-order chi connectivity index (χ0) is 22.4. The molecule has 6 nitrogen and oxygen atoms in total. The van der Waals surface area contributed by atoms with Crippen LogP contribution in [-0.4, -0.2) is 37.1 Å². The molecule has 4 heterocycles. The second-order valence-corrected chi connectivity index (χ2v) is 9.36. The van der Waals surface area contributed by atoms with E-state index in [-0.39, 0.29) is 11.9 Å². The first-order valence-electron chi connectivity index (χ1n) is 11.3. The lowest BCUT2D eigenvalue weighted by Gasteiger charge is -2.23. The number of carbonyl (C=O) groups is 1. The van der Waals surface area contributed by atoms with Crippen molar-refractivity contribution in [2.24, 2.45) is 0 Å². The minimum Gasteiger partial charge on any atom is -0.329 e. The van der Waals surface area contributed by atoms with E-state index in [4.69, 9.17) is 9.97 Å². The third kappa shape index (κ3) is 3.40. The largest absolute Gasteiger partial charge is 0.329 e. The van der Waals surface area contributed by atoms with E-state index in [1.54, 1.807) is 17.5 Å². The number of carbonyl (C=O) groups excluding carboxylic acids is 1. The molecule has 1 amide bonds. The summed E-state index contributed by atoms with van der Waals surface area (Å²) in [7, 11) is 0. The van der Waals surface area contributed by atoms with Crippen LogP contribution >= 0.6 is 11.3 Å². The average Bonchev–Trinajstić information content (AvgIpc) is 3.60. The Labute approximate surface area is 195 Å². The normalized spacial score (nSPS) is 16.2. The Morgan fingerprint density at radius 1 is 1.09 bits per heavy atom. The standard InChI is InChI=1S/C26H23N5OS/c1-2-31-24-19(16-27-31)18(15-21(28-24)17-9-4-3-5-10-17)26(32)30-14-8-12-22(30)25-29-20-11-6-7-13-23(20)33-25/h3-7,9-11,13,15-16,22H,2,8,12,14H2,1H3. The van der Waals surface area contributed by atoms with Gasteiger partial charge in [-0.05, 0) is 38.0 Å². The molecule has 1 unspecified atom stereocenters. The van der Waals surface area contributed by atoms with E-state index in [0.717, 1.165) is 56.9 Å². The summed E-state index contributed by atoms with van der Waals surface area (Å²) in [5.41, 5.74) is 4.18. The molecule has 3 aromatic heterocycles. The number of aromatic nitrogens is 4. The molecule has 1 saturated heterocycles. The van der Waals surface area contributed by atoms with Gasteiger partial charge in [0.15, 0.2) is 5.65 Å². The maximum atomic E-state index is 14.0. The Morgan fingerprint density at radius 3 is 2.73 bits per heavy atom. The number of benzene rings is 2. The van der Waals surface area contributed by atoms with Crippen molar-refractivity contribution < 1.29 is 4.79 Å². The summed E-state index contributed by atoms with van der Waals surface area (Å²) in [4.78, 5) is 25.7. The number of likely N-dealkylation sites (tertiary alicyclic amines) is 1. The molecule has 0 saturated carbocycles. The highest BCUT2D eigenvalue weighted by molar-refractivity contribution is 7.18. The van der Waals surface area contributed by atoms with Crippen molar-refractivity contribution in [2.75, 3.05) is 6.54 Å². The molecule has 164 valence electrons.